The van der Waals surface area contributed by atoms with Crippen molar-refractivity contribution in [2.24, 2.45) is 0 Å². The van der Waals surface area contributed by atoms with Crippen molar-refractivity contribution in [3.63, 3.8) is 0 Å². The number of hydrogen-bond acceptors (Lipinski definition) is 3. The molecule has 0 saturated carbocycles. The summed E-state index contributed by atoms with van der Waals surface area (Å²) in [4.78, 5) is 14.0. The number of aliphatic hydroxyl groups is 1. The van der Waals surface area contributed by atoms with Crippen molar-refractivity contribution in [1.29, 1.82) is 0 Å². The van der Waals surface area contributed by atoms with Crippen LogP contribution in [0.5, 0.6) is 0 Å². The van der Waals surface area contributed by atoms with Crippen molar-refractivity contribution in [1.82, 2.24) is 4.90 Å². The van der Waals surface area contributed by atoms with Crippen LogP contribution >= 0.6 is 0 Å². The van der Waals surface area contributed by atoms with Gasteiger partial charge in [-0.2, -0.15) is 0 Å². The molecular formula is C15H16FNO3S. The van der Waals surface area contributed by atoms with E-state index in [1.807, 2.05) is 0 Å². The van der Waals surface area contributed by atoms with Gasteiger partial charge in [0.25, 0.3) is 5.91 Å². The van der Waals surface area contributed by atoms with E-state index in [0.717, 1.165) is 0 Å². The molecule has 0 spiro atoms. The summed E-state index contributed by atoms with van der Waals surface area (Å²) in [6.45, 7) is 0.756. The fraction of sp³-hybridized carbons (Fsp3) is 0.400. The van der Waals surface area contributed by atoms with Crippen LogP contribution in [0.2, 0.25) is 0 Å². The number of rotatable bonds is 2. The summed E-state index contributed by atoms with van der Waals surface area (Å²) in [5.41, 5.74) is 0.662. The Bertz CT molecular complexity index is 611. The highest BCUT2D eigenvalue weighted by Gasteiger charge is 2.23. The number of benzene rings is 1. The van der Waals surface area contributed by atoms with Gasteiger partial charge in [-0.1, -0.05) is 11.8 Å². The lowest BCUT2D eigenvalue weighted by atomic mass is 10.1. The van der Waals surface area contributed by atoms with E-state index in [4.69, 9.17) is 5.11 Å². The van der Waals surface area contributed by atoms with E-state index in [2.05, 4.69) is 11.8 Å². The number of nitrogens with zero attached hydrogens (tertiary/aromatic N) is 1. The van der Waals surface area contributed by atoms with Crippen LogP contribution in [0.25, 0.3) is 0 Å². The Morgan fingerprint density at radius 3 is 2.76 bits per heavy atom. The van der Waals surface area contributed by atoms with E-state index in [1.54, 1.807) is 4.90 Å². The molecule has 1 fully saturated rings. The summed E-state index contributed by atoms with van der Waals surface area (Å²) in [5.74, 6) is 5.64. The zero-order valence-electron chi connectivity index (χ0n) is 11.5. The molecule has 1 N–H and O–H groups in total. The highest BCUT2D eigenvalue weighted by atomic mass is 32.2. The Kier molecular flexibility index (Phi) is 5.48. The van der Waals surface area contributed by atoms with Gasteiger partial charge >= 0.3 is 0 Å². The molecule has 4 nitrogen and oxygen atoms in total. The first-order valence-electron chi connectivity index (χ1n) is 6.65. The topological polar surface area (TPSA) is 57.6 Å². The van der Waals surface area contributed by atoms with E-state index in [0.29, 0.717) is 36.6 Å². The molecule has 1 aliphatic rings. The number of amides is 1. The fourth-order valence-corrected chi connectivity index (χ4v) is 3.08. The van der Waals surface area contributed by atoms with Crippen molar-refractivity contribution < 1.29 is 18.5 Å². The van der Waals surface area contributed by atoms with Gasteiger partial charge in [0, 0.05) is 47.4 Å². The lowest BCUT2D eigenvalue weighted by Crippen LogP contribution is -2.42. The second-order valence-corrected chi connectivity index (χ2v) is 6.30. The van der Waals surface area contributed by atoms with Crippen LogP contribution in [0.3, 0.4) is 0 Å². The maximum Gasteiger partial charge on any atom is 0.255 e. The molecule has 1 aromatic carbocycles. The molecule has 0 atom stereocenters. The minimum Gasteiger partial charge on any atom is -0.395 e. The monoisotopic (exact) mass is 309 g/mol. The van der Waals surface area contributed by atoms with E-state index in [-0.39, 0.29) is 18.1 Å². The van der Waals surface area contributed by atoms with Crippen LogP contribution in [0.1, 0.15) is 22.3 Å². The third-order valence-electron chi connectivity index (χ3n) is 3.14. The Labute approximate surface area is 125 Å². The predicted molar refractivity (Wildman–Crippen MR) is 78.8 cm³/mol. The van der Waals surface area contributed by atoms with Crippen LogP contribution in [0, 0.1) is 17.7 Å². The maximum absolute atomic E-state index is 13.4. The summed E-state index contributed by atoms with van der Waals surface area (Å²) in [7, 11) is -0.873. The number of hydrogen-bond donors (Lipinski definition) is 1. The molecule has 0 aliphatic carbocycles. The Balaban J connectivity index is 2.25. The summed E-state index contributed by atoms with van der Waals surface area (Å²) < 4.78 is 24.7. The quantitative estimate of drug-likeness (QED) is 0.821. The second-order valence-electron chi connectivity index (χ2n) is 4.61. The van der Waals surface area contributed by atoms with Crippen molar-refractivity contribution in [2.45, 2.75) is 6.42 Å². The number of carbonyl (C=O) groups excluding carboxylic acids is 1. The van der Waals surface area contributed by atoms with E-state index in [9.17, 15) is 13.4 Å². The van der Waals surface area contributed by atoms with E-state index in [1.165, 1.54) is 18.2 Å². The van der Waals surface area contributed by atoms with Crippen LogP contribution < -0.4 is 0 Å². The van der Waals surface area contributed by atoms with Gasteiger partial charge in [-0.25, -0.2) is 4.39 Å². The molecular weight excluding hydrogens is 293 g/mol. The SMILES string of the molecule is O=C(c1cc(F)ccc1C#CCCO)N1CCS(=O)CC1. The first kappa shape index (κ1) is 15.7. The third-order valence-corrected chi connectivity index (χ3v) is 4.41. The minimum absolute atomic E-state index is 0.0601. The van der Waals surface area contributed by atoms with Gasteiger partial charge in [-0.05, 0) is 18.2 Å². The average molecular weight is 309 g/mol. The molecule has 1 amide bonds. The van der Waals surface area contributed by atoms with Gasteiger partial charge in [0.15, 0.2) is 0 Å². The van der Waals surface area contributed by atoms with Crippen LogP contribution in [0.4, 0.5) is 4.39 Å². The Hall–Kier alpha value is -1.71. The zero-order valence-corrected chi connectivity index (χ0v) is 12.3. The van der Waals surface area contributed by atoms with Gasteiger partial charge in [0.2, 0.25) is 0 Å². The number of carbonyl (C=O) groups is 1. The molecule has 1 heterocycles. The summed E-state index contributed by atoms with van der Waals surface area (Å²) in [6, 6.07) is 3.90. The minimum atomic E-state index is -0.873. The van der Waals surface area contributed by atoms with Gasteiger partial charge in [-0.15, -0.1) is 0 Å². The molecule has 0 bridgehead atoms. The Morgan fingerprint density at radius 1 is 1.38 bits per heavy atom. The molecule has 112 valence electrons. The van der Waals surface area contributed by atoms with Gasteiger partial charge in [0.1, 0.15) is 5.82 Å². The van der Waals surface area contributed by atoms with Crippen molar-refractivity contribution in [3.8, 4) is 11.8 Å². The summed E-state index contributed by atoms with van der Waals surface area (Å²) in [6.07, 6.45) is 0.299. The normalized spacial score (nSPS) is 15.4. The van der Waals surface area contributed by atoms with Crippen molar-refractivity contribution >= 4 is 16.7 Å². The molecule has 6 heteroatoms. The lowest BCUT2D eigenvalue weighted by Gasteiger charge is -2.26. The predicted octanol–water partition coefficient (Wildman–Crippen LogP) is 0.764. The van der Waals surface area contributed by atoms with Gasteiger partial charge in [-0.3, -0.25) is 9.00 Å². The molecule has 2 rings (SSSR count). The number of halogens is 1. The van der Waals surface area contributed by atoms with Gasteiger partial charge < -0.3 is 10.0 Å². The highest BCUT2D eigenvalue weighted by molar-refractivity contribution is 7.85. The smallest absolute Gasteiger partial charge is 0.255 e. The largest absolute Gasteiger partial charge is 0.395 e. The fourth-order valence-electron chi connectivity index (χ4n) is 2.03. The molecule has 0 radical (unpaired) electrons. The average Bonchev–Trinajstić information content (AvgIpc) is 2.49. The zero-order chi connectivity index (χ0) is 15.2. The maximum atomic E-state index is 13.4. The molecule has 0 aromatic heterocycles. The molecule has 21 heavy (non-hydrogen) atoms. The molecule has 0 unspecified atom stereocenters. The van der Waals surface area contributed by atoms with Crippen molar-refractivity contribution in [2.75, 3.05) is 31.2 Å². The molecule has 1 aromatic rings. The summed E-state index contributed by atoms with van der Waals surface area (Å²) >= 11 is 0. The molecule has 1 aliphatic heterocycles. The van der Waals surface area contributed by atoms with Gasteiger partial charge in [0.05, 0.1) is 12.2 Å². The molecule has 1 saturated heterocycles. The highest BCUT2D eigenvalue weighted by Crippen LogP contribution is 2.15. The summed E-state index contributed by atoms with van der Waals surface area (Å²) in [5, 5.41) is 8.73. The number of aliphatic hydroxyl groups excluding tert-OH is 1. The van der Waals surface area contributed by atoms with E-state index >= 15 is 0 Å². The Morgan fingerprint density at radius 2 is 2.10 bits per heavy atom. The van der Waals surface area contributed by atoms with Crippen molar-refractivity contribution in [3.05, 3.63) is 35.1 Å². The van der Waals surface area contributed by atoms with Crippen LogP contribution in [0.15, 0.2) is 18.2 Å². The first-order chi connectivity index (χ1) is 10.1. The lowest BCUT2D eigenvalue weighted by molar-refractivity contribution is 0.0770. The van der Waals surface area contributed by atoms with Crippen LogP contribution in [-0.2, 0) is 10.8 Å². The standard InChI is InChI=1S/C15H16FNO3S/c16-13-5-4-12(3-1-2-8-18)14(11-13)15(19)17-6-9-21(20)10-7-17/h4-5,11,18H,2,6-10H2. The van der Waals surface area contributed by atoms with E-state index < -0.39 is 16.6 Å². The first-order valence-corrected chi connectivity index (χ1v) is 8.14. The third kappa shape index (κ3) is 4.13. The second kappa shape index (κ2) is 7.34. The van der Waals surface area contributed by atoms with Crippen LogP contribution in [-0.4, -0.2) is 51.3 Å².